The lowest BCUT2D eigenvalue weighted by Gasteiger charge is -2.29. The van der Waals surface area contributed by atoms with Gasteiger partial charge in [0.2, 0.25) is 0 Å². The van der Waals surface area contributed by atoms with E-state index in [0.717, 1.165) is 24.3 Å². The molecule has 0 aliphatic carbocycles. The topological polar surface area (TPSA) is 69.9 Å². The number of nitriles is 1. The summed E-state index contributed by atoms with van der Waals surface area (Å²) < 4.78 is 71.1. The number of thioether (sulfide) groups is 1. The van der Waals surface area contributed by atoms with Gasteiger partial charge in [-0.25, -0.2) is 4.39 Å². The minimum atomic E-state index is -3.40. The first-order chi connectivity index (χ1) is 13.4. The molecule has 0 saturated carbocycles. The van der Waals surface area contributed by atoms with Gasteiger partial charge in [-0.3, -0.25) is 0 Å². The smallest absolute Gasteiger partial charge is 0.358 e. The van der Waals surface area contributed by atoms with Gasteiger partial charge >= 0.3 is 10.9 Å². The summed E-state index contributed by atoms with van der Waals surface area (Å²) in [5, 5.41) is 5.51. The highest BCUT2D eigenvalue weighted by Gasteiger charge is 2.71. The molecule has 0 amide bonds. The minimum Gasteiger partial charge on any atom is -0.456 e. The van der Waals surface area contributed by atoms with Gasteiger partial charge < -0.3 is 4.74 Å². The van der Waals surface area contributed by atoms with Gasteiger partial charge in [0.05, 0.1) is 16.1 Å². The molecule has 0 fully saturated rings. The molecule has 0 saturated heterocycles. The van der Waals surface area contributed by atoms with Gasteiger partial charge in [-0.1, -0.05) is 0 Å². The molecule has 0 atom stereocenters. The molecule has 0 N–H and O–H groups in total. The molecule has 0 aromatic heterocycles. The zero-order valence-electron chi connectivity index (χ0n) is 13.1. The van der Waals surface area contributed by atoms with Crippen LogP contribution in [-0.4, -0.2) is 5.12 Å². The van der Waals surface area contributed by atoms with E-state index in [0.29, 0.717) is 0 Å². The Morgan fingerprint density at radius 2 is 1.68 bits per heavy atom. The average molecular weight is 486 g/mol. The molecule has 6 nitrogen and oxygen atoms in total. The molecule has 2 aromatic rings. The van der Waals surface area contributed by atoms with Crippen LogP contribution in [0, 0.1) is 17.1 Å². The third-order valence-electron chi connectivity index (χ3n) is 3.70. The van der Waals surface area contributed by atoms with Crippen molar-refractivity contribution in [2.45, 2.75) is 15.8 Å². The predicted molar refractivity (Wildman–Crippen MR) is 84.4 cm³/mol. The molecule has 0 bridgehead atoms. The summed E-state index contributed by atoms with van der Waals surface area (Å²) in [5.41, 5.74) is -0.581. The van der Waals surface area contributed by atoms with Crippen molar-refractivity contribution >= 4 is 27.7 Å². The molecule has 1 aliphatic heterocycles. The van der Waals surface area contributed by atoms with Crippen LogP contribution in [0.4, 0.5) is 22.5 Å². The van der Waals surface area contributed by atoms with Crippen molar-refractivity contribution in [2.24, 2.45) is 0 Å². The van der Waals surface area contributed by atoms with Crippen LogP contribution in [0.1, 0.15) is 11.1 Å². The van der Waals surface area contributed by atoms with Crippen LogP contribution in [0.2, 0.25) is 0 Å². The first-order valence-corrected chi connectivity index (χ1v) is 8.60. The van der Waals surface area contributed by atoms with Crippen molar-refractivity contribution in [2.75, 3.05) is 0 Å². The van der Waals surface area contributed by atoms with Crippen molar-refractivity contribution in [1.82, 2.24) is 0 Å². The lowest BCUT2D eigenvalue weighted by molar-refractivity contribution is -0.532. The fourth-order valence-electron chi connectivity index (χ4n) is 2.49. The Morgan fingerprint density at radius 1 is 1.00 bits per heavy atom. The van der Waals surface area contributed by atoms with Gasteiger partial charge in [-0.05, 0) is 70.1 Å². The molecule has 2 aromatic carbocycles. The molecule has 148 valence electrons. The van der Waals surface area contributed by atoms with E-state index in [9.17, 15) is 22.5 Å². The van der Waals surface area contributed by atoms with Crippen molar-refractivity contribution < 1.29 is 47.0 Å². The fourth-order valence-corrected chi connectivity index (χ4v) is 4.30. The van der Waals surface area contributed by atoms with Crippen LogP contribution in [0.25, 0.3) is 0 Å². The molecule has 0 spiro atoms. The average Bonchev–Trinajstić information content (AvgIpc) is 3.00. The summed E-state index contributed by atoms with van der Waals surface area (Å²) in [6.07, 6.45) is 0. The van der Waals surface area contributed by atoms with Crippen LogP contribution >= 0.6 is 27.7 Å². The van der Waals surface area contributed by atoms with Crippen LogP contribution in [0.15, 0.2) is 39.7 Å². The van der Waals surface area contributed by atoms with E-state index >= 15 is 0 Å². The SMILES string of the molecule is N#Cc1cc(F)cc(Oc2ccc3c(c2Br)SC(OF)(OF)C3(OF)OF)c1. The number of hydrogen-bond acceptors (Lipinski definition) is 7. The maximum Gasteiger partial charge on any atom is 0.358 e. The van der Waals surface area contributed by atoms with E-state index in [4.69, 9.17) is 10.00 Å². The van der Waals surface area contributed by atoms with E-state index in [1.54, 1.807) is 6.07 Å². The highest BCUT2D eigenvalue weighted by atomic mass is 79.9. The van der Waals surface area contributed by atoms with E-state index in [1.807, 2.05) is 0 Å². The zero-order chi connectivity index (χ0) is 20.5. The third kappa shape index (κ3) is 3.02. The number of ether oxygens (including phenoxy) is 1. The molecule has 1 aliphatic rings. The maximum atomic E-state index is 13.5. The highest BCUT2D eigenvalue weighted by Crippen LogP contribution is 2.62. The van der Waals surface area contributed by atoms with Gasteiger partial charge in [0.25, 0.3) is 0 Å². The van der Waals surface area contributed by atoms with Crippen molar-refractivity contribution in [3.63, 3.8) is 0 Å². The molecule has 13 heteroatoms. The third-order valence-corrected chi connectivity index (χ3v) is 6.05. The van der Waals surface area contributed by atoms with Gasteiger partial charge in [-0.2, -0.15) is 5.26 Å². The number of nitrogens with zero attached hydrogens (tertiary/aromatic N) is 1. The molecular weight excluding hydrogens is 481 g/mol. The van der Waals surface area contributed by atoms with E-state index in [-0.39, 0.29) is 38.2 Å². The van der Waals surface area contributed by atoms with E-state index in [2.05, 4.69) is 35.7 Å². The normalized spacial score (nSPS) is 16.5. The zero-order valence-corrected chi connectivity index (χ0v) is 15.5. The second kappa shape index (κ2) is 7.82. The fraction of sp³-hybridized carbons (Fsp3) is 0.133. The standard InChI is InChI=1S/C15H5BrF5NO5S/c16-12-11(23-9-4-7(6-22)3-8(17)5-9)2-1-10-13(12)28-15(26-20,27-21)14(10,24-18)25-19/h1-5H. The molecule has 0 radical (unpaired) electrons. The second-order valence-corrected chi connectivity index (χ2v) is 7.17. The van der Waals surface area contributed by atoms with Gasteiger partial charge in [0, 0.05) is 16.5 Å². The van der Waals surface area contributed by atoms with Crippen LogP contribution in [0.5, 0.6) is 11.5 Å². The largest absolute Gasteiger partial charge is 0.456 e. The summed E-state index contributed by atoms with van der Waals surface area (Å²) in [5.74, 6) is -4.32. The number of rotatable bonds is 6. The number of benzene rings is 2. The Hall–Kier alpha value is -1.95. The van der Waals surface area contributed by atoms with Gasteiger partial charge in [-0.15, -0.1) is 19.8 Å². The molecule has 3 rings (SSSR count). The molecular formula is C15H5BrF5NO5S. The molecule has 0 unspecified atom stereocenters. The second-order valence-electron chi connectivity index (χ2n) is 5.23. The summed E-state index contributed by atoms with van der Waals surface area (Å²) in [6, 6.07) is 6.95. The van der Waals surface area contributed by atoms with Crippen molar-refractivity contribution in [3.05, 3.63) is 51.7 Å². The summed E-state index contributed by atoms with van der Waals surface area (Å²) >= 11 is 3.07. The summed E-state index contributed by atoms with van der Waals surface area (Å²) in [4.78, 5) is 13.0. The van der Waals surface area contributed by atoms with Gasteiger partial charge in [0.15, 0.2) is 0 Å². The van der Waals surface area contributed by atoms with Crippen LogP contribution in [0.3, 0.4) is 0 Å². The molecule has 28 heavy (non-hydrogen) atoms. The lowest BCUT2D eigenvalue weighted by Crippen LogP contribution is -2.49. The lowest BCUT2D eigenvalue weighted by atomic mass is 10.1. The number of fused-ring (bicyclic) bond motifs is 1. The van der Waals surface area contributed by atoms with Crippen molar-refractivity contribution in [1.29, 1.82) is 5.26 Å². The predicted octanol–water partition coefficient (Wildman–Crippen LogP) is 5.77. The maximum absolute atomic E-state index is 13.5. The van der Waals surface area contributed by atoms with E-state index in [1.165, 1.54) is 6.07 Å². The Balaban J connectivity index is 2.08. The Labute approximate surface area is 165 Å². The monoisotopic (exact) mass is 485 g/mol. The minimum absolute atomic E-state index is 0.0241. The highest BCUT2D eigenvalue weighted by molar-refractivity contribution is 9.10. The Morgan fingerprint density at radius 3 is 2.25 bits per heavy atom. The Kier molecular flexibility index (Phi) is 5.80. The number of hydrogen-bond donors (Lipinski definition) is 0. The number of halogens is 6. The Bertz CT molecular complexity index is 951. The molecule has 1 heterocycles. The van der Waals surface area contributed by atoms with Crippen LogP contribution < -0.4 is 4.74 Å². The first-order valence-electron chi connectivity index (χ1n) is 6.99. The summed E-state index contributed by atoms with van der Waals surface area (Å²) in [7, 11) is 0. The van der Waals surface area contributed by atoms with Crippen LogP contribution in [-0.2, 0) is 25.6 Å². The quantitative estimate of drug-likeness (QED) is 0.380. The summed E-state index contributed by atoms with van der Waals surface area (Å²) in [6.45, 7) is 0. The van der Waals surface area contributed by atoms with E-state index < -0.39 is 22.3 Å². The van der Waals surface area contributed by atoms with Gasteiger partial charge in [0.1, 0.15) is 17.3 Å². The van der Waals surface area contributed by atoms with Crippen molar-refractivity contribution in [3.8, 4) is 17.6 Å². The first kappa shape index (κ1) is 20.8.